The second-order valence-electron chi connectivity index (χ2n) is 5.14. The van der Waals surface area contributed by atoms with E-state index in [1.165, 1.54) is 28.7 Å². The predicted molar refractivity (Wildman–Crippen MR) is 91.4 cm³/mol. The van der Waals surface area contributed by atoms with Gasteiger partial charge in [-0.25, -0.2) is 9.97 Å². The molecule has 1 aliphatic rings. The average Bonchev–Trinajstić information content (AvgIpc) is 3.26. The van der Waals surface area contributed by atoms with Crippen LogP contribution >= 0.6 is 22.7 Å². The Morgan fingerprint density at radius 1 is 1.43 bits per heavy atom. The lowest BCUT2D eigenvalue weighted by atomic mass is 10.2. The molecule has 1 atom stereocenters. The molecule has 1 N–H and O–H groups in total. The van der Waals surface area contributed by atoms with Crippen LogP contribution in [0, 0.1) is 6.92 Å². The summed E-state index contributed by atoms with van der Waals surface area (Å²) in [7, 11) is 0. The lowest BCUT2D eigenvalue weighted by molar-refractivity contribution is -0.132. The Morgan fingerprint density at radius 3 is 3.00 bits per heavy atom. The van der Waals surface area contributed by atoms with E-state index >= 15 is 0 Å². The maximum atomic E-state index is 12.4. The van der Waals surface area contributed by atoms with Crippen molar-refractivity contribution in [2.24, 2.45) is 0 Å². The van der Waals surface area contributed by atoms with E-state index in [9.17, 15) is 9.59 Å². The van der Waals surface area contributed by atoms with Crippen LogP contribution in [0.3, 0.4) is 0 Å². The van der Waals surface area contributed by atoms with E-state index in [0.717, 1.165) is 17.1 Å². The van der Waals surface area contributed by atoms with Crippen LogP contribution in [0.25, 0.3) is 6.08 Å². The van der Waals surface area contributed by atoms with Crippen molar-refractivity contribution in [1.29, 1.82) is 0 Å². The third kappa shape index (κ3) is 3.83. The fraction of sp³-hybridized carbons (Fsp3) is 0.333. The molecule has 0 spiro atoms. The van der Waals surface area contributed by atoms with Gasteiger partial charge in [0.05, 0.1) is 10.7 Å². The summed E-state index contributed by atoms with van der Waals surface area (Å²) in [5, 5.41) is 7.98. The van der Waals surface area contributed by atoms with Gasteiger partial charge in [-0.2, -0.15) is 0 Å². The SMILES string of the molecule is Cc1nc(/C=C/C(=O)N2CCCC2C(=O)Nc2nccs2)cs1. The standard InChI is InChI=1S/C15H16N4O2S2/c1-10-17-11(9-23-10)4-5-13(20)19-7-2-3-12(19)14(21)18-15-16-6-8-22-15/h4-6,8-9,12H,2-3,7H2,1H3,(H,16,18,21)/b5-4+. The van der Waals surface area contributed by atoms with Crippen LogP contribution in [0.5, 0.6) is 0 Å². The highest BCUT2D eigenvalue weighted by molar-refractivity contribution is 7.13. The topological polar surface area (TPSA) is 75.2 Å². The Bertz CT molecular complexity index is 724. The van der Waals surface area contributed by atoms with Crippen LogP contribution in [-0.2, 0) is 9.59 Å². The summed E-state index contributed by atoms with van der Waals surface area (Å²) in [5.74, 6) is -0.337. The second kappa shape index (κ2) is 7.01. The van der Waals surface area contributed by atoms with Gasteiger partial charge in [0.2, 0.25) is 11.8 Å². The highest BCUT2D eigenvalue weighted by atomic mass is 32.1. The highest BCUT2D eigenvalue weighted by Gasteiger charge is 2.33. The Labute approximate surface area is 141 Å². The van der Waals surface area contributed by atoms with Crippen molar-refractivity contribution in [3.63, 3.8) is 0 Å². The number of hydrogen-bond donors (Lipinski definition) is 1. The lowest BCUT2D eigenvalue weighted by Crippen LogP contribution is -2.42. The van der Waals surface area contributed by atoms with E-state index in [-0.39, 0.29) is 11.8 Å². The number of rotatable bonds is 4. The molecule has 1 unspecified atom stereocenters. The van der Waals surface area contributed by atoms with Crippen molar-refractivity contribution in [1.82, 2.24) is 14.9 Å². The summed E-state index contributed by atoms with van der Waals surface area (Å²) in [6.45, 7) is 2.51. The number of aryl methyl sites for hydroxylation is 1. The molecule has 23 heavy (non-hydrogen) atoms. The van der Waals surface area contributed by atoms with E-state index in [2.05, 4.69) is 15.3 Å². The monoisotopic (exact) mass is 348 g/mol. The molecule has 6 nitrogen and oxygen atoms in total. The number of nitrogens with zero attached hydrogens (tertiary/aromatic N) is 3. The van der Waals surface area contributed by atoms with Gasteiger partial charge in [0.15, 0.2) is 5.13 Å². The number of thiazole rings is 2. The van der Waals surface area contributed by atoms with E-state index < -0.39 is 6.04 Å². The molecular formula is C15H16N4O2S2. The zero-order valence-electron chi connectivity index (χ0n) is 12.6. The van der Waals surface area contributed by atoms with E-state index in [4.69, 9.17) is 0 Å². The molecule has 0 aliphatic carbocycles. The number of nitrogens with one attached hydrogen (secondary N) is 1. The first-order valence-corrected chi connectivity index (χ1v) is 9.00. The van der Waals surface area contributed by atoms with Crippen LogP contribution < -0.4 is 5.32 Å². The van der Waals surface area contributed by atoms with Gasteiger partial charge in [-0.3, -0.25) is 9.59 Å². The molecule has 1 aliphatic heterocycles. The largest absolute Gasteiger partial charge is 0.327 e. The van der Waals surface area contributed by atoms with Crippen LogP contribution in [-0.4, -0.2) is 39.3 Å². The van der Waals surface area contributed by atoms with E-state index in [0.29, 0.717) is 18.1 Å². The molecule has 3 rings (SSSR count). The van der Waals surface area contributed by atoms with Crippen LogP contribution in [0.1, 0.15) is 23.5 Å². The molecule has 2 amide bonds. The van der Waals surface area contributed by atoms with Crippen molar-refractivity contribution in [3.05, 3.63) is 33.7 Å². The predicted octanol–water partition coefficient (Wildman–Crippen LogP) is 2.55. The lowest BCUT2D eigenvalue weighted by Gasteiger charge is -2.22. The first-order valence-electron chi connectivity index (χ1n) is 7.24. The van der Waals surface area contributed by atoms with Gasteiger partial charge >= 0.3 is 0 Å². The number of likely N-dealkylation sites (tertiary alicyclic amines) is 1. The highest BCUT2D eigenvalue weighted by Crippen LogP contribution is 2.21. The molecule has 2 aromatic heterocycles. The maximum Gasteiger partial charge on any atom is 0.248 e. The first-order chi connectivity index (χ1) is 11.1. The number of hydrogen-bond acceptors (Lipinski definition) is 6. The number of aromatic nitrogens is 2. The zero-order chi connectivity index (χ0) is 16.2. The number of anilines is 1. The zero-order valence-corrected chi connectivity index (χ0v) is 14.2. The summed E-state index contributed by atoms with van der Waals surface area (Å²) in [5.41, 5.74) is 0.767. The van der Waals surface area contributed by atoms with Gasteiger partial charge in [-0.1, -0.05) is 0 Å². The Kier molecular flexibility index (Phi) is 4.82. The normalized spacial score (nSPS) is 17.8. The minimum atomic E-state index is -0.437. The third-order valence-electron chi connectivity index (χ3n) is 3.53. The molecule has 0 radical (unpaired) electrons. The molecule has 0 bridgehead atoms. The van der Waals surface area contributed by atoms with E-state index in [1.54, 1.807) is 22.6 Å². The molecule has 1 saturated heterocycles. The first kappa shape index (κ1) is 15.8. The van der Waals surface area contributed by atoms with Crippen molar-refractivity contribution < 1.29 is 9.59 Å². The van der Waals surface area contributed by atoms with Gasteiger partial charge in [0, 0.05) is 29.6 Å². The van der Waals surface area contributed by atoms with Crippen molar-refractivity contribution in [2.45, 2.75) is 25.8 Å². The van der Waals surface area contributed by atoms with Gasteiger partial charge in [0.1, 0.15) is 6.04 Å². The van der Waals surface area contributed by atoms with Crippen LogP contribution in [0.15, 0.2) is 23.0 Å². The molecule has 0 saturated carbocycles. The molecule has 8 heteroatoms. The molecule has 2 aromatic rings. The van der Waals surface area contributed by atoms with Gasteiger partial charge in [-0.05, 0) is 25.8 Å². The molecule has 120 valence electrons. The Hall–Kier alpha value is -2.06. The molecule has 3 heterocycles. The second-order valence-corrected chi connectivity index (χ2v) is 7.10. The minimum absolute atomic E-state index is 0.160. The Balaban J connectivity index is 1.64. The average molecular weight is 348 g/mol. The molecule has 1 fully saturated rings. The Morgan fingerprint density at radius 2 is 2.30 bits per heavy atom. The van der Waals surface area contributed by atoms with Crippen LogP contribution in [0.4, 0.5) is 5.13 Å². The van der Waals surface area contributed by atoms with Crippen molar-refractivity contribution in [2.75, 3.05) is 11.9 Å². The minimum Gasteiger partial charge on any atom is -0.327 e. The molecular weight excluding hydrogens is 332 g/mol. The van der Waals surface area contributed by atoms with E-state index in [1.807, 2.05) is 12.3 Å². The summed E-state index contributed by atoms with van der Waals surface area (Å²) in [6, 6.07) is -0.437. The van der Waals surface area contributed by atoms with Gasteiger partial charge < -0.3 is 10.2 Å². The quantitative estimate of drug-likeness (QED) is 0.862. The van der Waals surface area contributed by atoms with Crippen LogP contribution in [0.2, 0.25) is 0 Å². The summed E-state index contributed by atoms with van der Waals surface area (Å²) >= 11 is 2.90. The summed E-state index contributed by atoms with van der Waals surface area (Å²) in [6.07, 6.45) is 6.32. The maximum absolute atomic E-state index is 12.4. The summed E-state index contributed by atoms with van der Waals surface area (Å²) < 4.78 is 0. The number of carbonyl (C=O) groups excluding carboxylic acids is 2. The number of carbonyl (C=O) groups is 2. The van der Waals surface area contributed by atoms with Crippen molar-refractivity contribution >= 4 is 45.7 Å². The number of amides is 2. The third-order valence-corrected chi connectivity index (χ3v) is 5.01. The van der Waals surface area contributed by atoms with Gasteiger partial charge in [0.25, 0.3) is 0 Å². The van der Waals surface area contributed by atoms with Crippen molar-refractivity contribution in [3.8, 4) is 0 Å². The fourth-order valence-electron chi connectivity index (χ4n) is 2.49. The summed E-state index contributed by atoms with van der Waals surface area (Å²) in [4.78, 5) is 34.6. The fourth-order valence-corrected chi connectivity index (χ4v) is 3.60. The van der Waals surface area contributed by atoms with Gasteiger partial charge in [-0.15, -0.1) is 22.7 Å². The smallest absolute Gasteiger partial charge is 0.248 e. The molecule has 0 aromatic carbocycles.